The van der Waals surface area contributed by atoms with Crippen molar-refractivity contribution in [2.45, 2.75) is 0 Å². The standard InChI is InChI=1S/C10H7ClN2O6/c11-2-1-3-19-10(14)7-4-8(12(15)16)6-9(5-7)13(17)18/h1-2,4-6H,3H2. The van der Waals surface area contributed by atoms with Gasteiger partial charge >= 0.3 is 5.97 Å². The van der Waals surface area contributed by atoms with Crippen LogP contribution < -0.4 is 0 Å². The molecule has 1 aromatic carbocycles. The summed E-state index contributed by atoms with van der Waals surface area (Å²) >= 11 is 5.21. The summed E-state index contributed by atoms with van der Waals surface area (Å²) in [4.78, 5) is 31.1. The molecule has 9 heteroatoms. The minimum absolute atomic E-state index is 0.140. The second-order valence-corrected chi connectivity index (χ2v) is 3.46. The summed E-state index contributed by atoms with van der Waals surface area (Å²) in [6.45, 7) is -0.140. The molecule has 8 nitrogen and oxygen atoms in total. The van der Waals surface area contributed by atoms with Crippen LogP contribution in [0.1, 0.15) is 10.4 Å². The van der Waals surface area contributed by atoms with Gasteiger partial charge in [-0.1, -0.05) is 11.6 Å². The van der Waals surface area contributed by atoms with Crippen LogP contribution in [0.3, 0.4) is 0 Å². The quantitative estimate of drug-likeness (QED) is 0.466. The van der Waals surface area contributed by atoms with Gasteiger partial charge in [-0.15, -0.1) is 0 Å². The number of nitro groups is 2. The Labute approximate surface area is 111 Å². The number of rotatable bonds is 5. The molecule has 19 heavy (non-hydrogen) atoms. The predicted molar refractivity (Wildman–Crippen MR) is 65.0 cm³/mol. The lowest BCUT2D eigenvalue weighted by atomic mass is 10.2. The molecule has 0 N–H and O–H groups in total. The Kier molecular flexibility index (Phi) is 4.95. The van der Waals surface area contributed by atoms with Gasteiger partial charge in [-0.2, -0.15) is 0 Å². The van der Waals surface area contributed by atoms with Crippen molar-refractivity contribution in [3.8, 4) is 0 Å². The Balaban J connectivity index is 3.08. The number of nitro benzene ring substituents is 2. The Bertz CT molecular complexity index is 525. The lowest BCUT2D eigenvalue weighted by Crippen LogP contribution is -2.06. The van der Waals surface area contributed by atoms with Crippen LogP contribution in [0.4, 0.5) is 11.4 Å². The van der Waals surface area contributed by atoms with Crippen LogP contribution in [-0.4, -0.2) is 22.4 Å². The van der Waals surface area contributed by atoms with Crippen LogP contribution in [0, 0.1) is 20.2 Å². The third-order valence-corrected chi connectivity index (χ3v) is 2.14. The van der Waals surface area contributed by atoms with Crippen LogP contribution in [0.15, 0.2) is 29.8 Å². The monoisotopic (exact) mass is 286 g/mol. The minimum Gasteiger partial charge on any atom is -0.458 e. The molecule has 1 rings (SSSR count). The van der Waals surface area contributed by atoms with Gasteiger partial charge in [0.2, 0.25) is 0 Å². The Morgan fingerprint density at radius 1 is 1.21 bits per heavy atom. The van der Waals surface area contributed by atoms with Gasteiger partial charge in [0.15, 0.2) is 0 Å². The van der Waals surface area contributed by atoms with Crippen molar-refractivity contribution in [1.29, 1.82) is 0 Å². The molecule has 0 saturated heterocycles. The molecule has 0 aromatic heterocycles. The molecular formula is C10H7ClN2O6. The lowest BCUT2D eigenvalue weighted by Gasteiger charge is -2.02. The maximum Gasteiger partial charge on any atom is 0.338 e. The molecule has 0 saturated carbocycles. The van der Waals surface area contributed by atoms with Gasteiger partial charge in [0, 0.05) is 17.7 Å². The van der Waals surface area contributed by atoms with E-state index in [1.54, 1.807) is 0 Å². The van der Waals surface area contributed by atoms with E-state index in [-0.39, 0.29) is 12.2 Å². The number of hydrogen-bond donors (Lipinski definition) is 0. The molecule has 0 heterocycles. The van der Waals surface area contributed by atoms with E-state index < -0.39 is 27.2 Å². The number of halogens is 1. The van der Waals surface area contributed by atoms with Gasteiger partial charge in [-0.25, -0.2) is 4.79 Å². The zero-order valence-corrected chi connectivity index (χ0v) is 10.1. The number of benzene rings is 1. The molecule has 0 aliphatic carbocycles. The Morgan fingerprint density at radius 2 is 1.74 bits per heavy atom. The van der Waals surface area contributed by atoms with Gasteiger partial charge in [0.25, 0.3) is 11.4 Å². The summed E-state index contributed by atoms with van der Waals surface area (Å²) in [6, 6.07) is 2.56. The van der Waals surface area contributed by atoms with E-state index in [0.29, 0.717) is 0 Å². The Morgan fingerprint density at radius 3 is 2.16 bits per heavy atom. The first-order valence-corrected chi connectivity index (χ1v) is 5.25. The molecule has 0 fully saturated rings. The molecule has 0 radical (unpaired) electrons. The number of hydrogen-bond acceptors (Lipinski definition) is 6. The zero-order valence-electron chi connectivity index (χ0n) is 9.32. The van der Waals surface area contributed by atoms with E-state index in [2.05, 4.69) is 4.74 Å². The molecule has 0 aliphatic rings. The molecule has 0 unspecified atom stereocenters. The topological polar surface area (TPSA) is 113 Å². The van der Waals surface area contributed by atoms with E-state index in [1.807, 2.05) is 0 Å². The van der Waals surface area contributed by atoms with Gasteiger partial charge in [0.1, 0.15) is 6.61 Å². The Hall–Kier alpha value is -2.48. The average molecular weight is 287 g/mol. The number of esters is 1. The molecule has 0 spiro atoms. The van der Waals surface area contributed by atoms with Crippen molar-refractivity contribution in [3.63, 3.8) is 0 Å². The van der Waals surface area contributed by atoms with Crippen molar-refractivity contribution in [2.24, 2.45) is 0 Å². The highest BCUT2D eigenvalue weighted by Crippen LogP contribution is 2.23. The summed E-state index contributed by atoms with van der Waals surface area (Å²) in [6.07, 6.45) is 1.32. The van der Waals surface area contributed by atoms with Gasteiger partial charge in [0.05, 0.1) is 21.5 Å². The van der Waals surface area contributed by atoms with Crippen molar-refractivity contribution in [1.82, 2.24) is 0 Å². The highest BCUT2D eigenvalue weighted by Gasteiger charge is 2.20. The summed E-state index contributed by atoms with van der Waals surface area (Å²) in [5.74, 6) is -0.915. The maximum atomic E-state index is 11.5. The predicted octanol–water partition coefficient (Wildman–Crippen LogP) is 2.41. The number of carbonyl (C=O) groups excluding carboxylic acids is 1. The fourth-order valence-electron chi connectivity index (χ4n) is 1.17. The number of ether oxygens (including phenoxy) is 1. The van der Waals surface area contributed by atoms with Crippen LogP contribution in [0.2, 0.25) is 0 Å². The van der Waals surface area contributed by atoms with Crippen LogP contribution in [-0.2, 0) is 4.74 Å². The molecule has 0 atom stereocenters. The van der Waals surface area contributed by atoms with E-state index in [9.17, 15) is 25.0 Å². The maximum absolute atomic E-state index is 11.5. The minimum atomic E-state index is -0.915. The van der Waals surface area contributed by atoms with Crippen molar-refractivity contribution in [3.05, 3.63) is 55.6 Å². The largest absolute Gasteiger partial charge is 0.458 e. The van der Waals surface area contributed by atoms with Crippen molar-refractivity contribution < 1.29 is 19.4 Å². The molecule has 0 bridgehead atoms. The smallest absolute Gasteiger partial charge is 0.338 e. The zero-order chi connectivity index (χ0) is 14.4. The number of nitrogens with zero attached hydrogens (tertiary/aromatic N) is 2. The second kappa shape index (κ2) is 6.45. The summed E-state index contributed by atoms with van der Waals surface area (Å²) < 4.78 is 4.68. The number of carbonyl (C=O) groups is 1. The van der Waals surface area contributed by atoms with Gasteiger partial charge < -0.3 is 4.74 Å². The summed E-state index contributed by atoms with van der Waals surface area (Å²) in [5, 5.41) is 21.2. The summed E-state index contributed by atoms with van der Waals surface area (Å²) in [5.41, 5.74) is -0.268. The molecule has 100 valence electrons. The third kappa shape index (κ3) is 4.03. The van der Waals surface area contributed by atoms with Crippen LogP contribution in [0.25, 0.3) is 0 Å². The van der Waals surface area contributed by atoms with E-state index in [1.165, 1.54) is 6.08 Å². The molecule has 1 aromatic rings. The highest BCUT2D eigenvalue weighted by atomic mass is 35.5. The fourth-order valence-corrected chi connectivity index (χ4v) is 1.24. The first-order chi connectivity index (χ1) is 8.95. The van der Waals surface area contributed by atoms with Gasteiger partial charge in [-0.05, 0) is 6.08 Å². The van der Waals surface area contributed by atoms with Crippen molar-refractivity contribution in [2.75, 3.05) is 6.61 Å². The van der Waals surface area contributed by atoms with E-state index in [4.69, 9.17) is 11.6 Å². The number of non-ortho nitro benzene ring substituents is 2. The van der Waals surface area contributed by atoms with Crippen LogP contribution >= 0.6 is 11.6 Å². The SMILES string of the molecule is O=C(OCC=CCl)c1cc([N+](=O)[O-])cc([N+](=O)[O-])c1. The molecule has 0 aliphatic heterocycles. The van der Waals surface area contributed by atoms with Gasteiger partial charge in [-0.3, -0.25) is 20.2 Å². The highest BCUT2D eigenvalue weighted by molar-refractivity contribution is 6.25. The third-order valence-electron chi connectivity index (χ3n) is 1.96. The second-order valence-electron chi connectivity index (χ2n) is 3.21. The van der Waals surface area contributed by atoms with E-state index >= 15 is 0 Å². The van der Waals surface area contributed by atoms with E-state index in [0.717, 1.165) is 23.7 Å². The van der Waals surface area contributed by atoms with Crippen LogP contribution in [0.5, 0.6) is 0 Å². The summed E-state index contributed by atoms with van der Waals surface area (Å²) in [7, 11) is 0. The first-order valence-electron chi connectivity index (χ1n) is 4.82. The van der Waals surface area contributed by atoms with Crippen molar-refractivity contribution >= 4 is 28.9 Å². The fraction of sp³-hybridized carbons (Fsp3) is 0.100. The average Bonchev–Trinajstić information content (AvgIpc) is 2.38. The lowest BCUT2D eigenvalue weighted by molar-refractivity contribution is -0.394. The molecule has 0 amide bonds. The normalized spacial score (nSPS) is 10.4. The first kappa shape index (κ1) is 14.6. The molecular weight excluding hydrogens is 280 g/mol.